The van der Waals surface area contributed by atoms with Crippen LogP contribution in [0.2, 0.25) is 0 Å². The van der Waals surface area contributed by atoms with E-state index in [0.29, 0.717) is 11.5 Å². The lowest BCUT2D eigenvalue weighted by molar-refractivity contribution is 0.0937. The van der Waals surface area contributed by atoms with E-state index in [0.717, 1.165) is 29.5 Å². The number of aryl methyl sites for hydroxylation is 1. The van der Waals surface area contributed by atoms with E-state index in [1.54, 1.807) is 14.2 Å². The van der Waals surface area contributed by atoms with E-state index >= 15 is 0 Å². The molecule has 3 nitrogen and oxygen atoms in total. The quantitative estimate of drug-likeness (QED) is 0.462. The van der Waals surface area contributed by atoms with Crippen molar-refractivity contribution in [2.24, 2.45) is 5.92 Å². The van der Waals surface area contributed by atoms with Gasteiger partial charge in [0.2, 0.25) is 0 Å². The average Bonchev–Trinajstić information content (AvgIpc) is 2.82. The van der Waals surface area contributed by atoms with Gasteiger partial charge in [-0.3, -0.25) is 4.79 Å². The molecule has 30 heavy (non-hydrogen) atoms. The van der Waals surface area contributed by atoms with Crippen molar-refractivity contribution < 1.29 is 14.3 Å². The summed E-state index contributed by atoms with van der Waals surface area (Å²) in [5, 5.41) is 0. The van der Waals surface area contributed by atoms with E-state index in [1.807, 2.05) is 48.5 Å². The number of hydrogen-bond donors (Lipinski definition) is 0. The number of hydrogen-bond acceptors (Lipinski definition) is 3. The van der Waals surface area contributed by atoms with Crippen molar-refractivity contribution in [1.82, 2.24) is 0 Å². The van der Waals surface area contributed by atoms with Crippen molar-refractivity contribution in [1.29, 1.82) is 0 Å². The second kappa shape index (κ2) is 9.00. The van der Waals surface area contributed by atoms with Crippen LogP contribution in [0.3, 0.4) is 0 Å². The van der Waals surface area contributed by atoms with Gasteiger partial charge in [-0.05, 0) is 47.6 Å². The van der Waals surface area contributed by atoms with Gasteiger partial charge in [-0.15, -0.1) is 0 Å². The van der Waals surface area contributed by atoms with Crippen LogP contribution in [0.15, 0.2) is 78.9 Å². The van der Waals surface area contributed by atoms with Crippen LogP contribution in [0.1, 0.15) is 39.4 Å². The van der Waals surface area contributed by atoms with Crippen molar-refractivity contribution in [3.8, 4) is 11.5 Å². The zero-order chi connectivity index (χ0) is 20.9. The Morgan fingerprint density at radius 1 is 0.867 bits per heavy atom. The van der Waals surface area contributed by atoms with Crippen molar-refractivity contribution in [2.75, 3.05) is 14.2 Å². The lowest BCUT2D eigenvalue weighted by Crippen LogP contribution is -2.24. The molecule has 4 rings (SSSR count). The molecule has 0 bridgehead atoms. The van der Waals surface area contributed by atoms with Crippen molar-refractivity contribution in [3.63, 3.8) is 0 Å². The summed E-state index contributed by atoms with van der Waals surface area (Å²) in [5.41, 5.74) is 4.04. The summed E-state index contributed by atoms with van der Waals surface area (Å²) in [6, 6.07) is 23.9. The first-order valence-electron chi connectivity index (χ1n) is 10.3. The van der Waals surface area contributed by atoms with E-state index in [1.165, 1.54) is 5.56 Å². The molecule has 0 heterocycles. The Balaban J connectivity index is 1.73. The first kappa shape index (κ1) is 20.0. The molecule has 0 N–H and O–H groups in total. The molecule has 3 aromatic carbocycles. The summed E-state index contributed by atoms with van der Waals surface area (Å²) < 4.78 is 11.0. The van der Waals surface area contributed by atoms with E-state index < -0.39 is 0 Å². The molecular weight excluding hydrogens is 372 g/mol. The van der Waals surface area contributed by atoms with Gasteiger partial charge in [-0.2, -0.15) is 0 Å². The normalized spacial score (nSPS) is 17.3. The van der Waals surface area contributed by atoms with Gasteiger partial charge in [0.1, 0.15) is 0 Å². The Kier molecular flexibility index (Phi) is 5.99. The van der Waals surface area contributed by atoms with Gasteiger partial charge in [0.15, 0.2) is 17.3 Å². The molecule has 0 aliphatic heterocycles. The summed E-state index contributed by atoms with van der Waals surface area (Å²) in [7, 11) is 3.26. The number of methoxy groups -OCH3 is 2. The Labute approximate surface area is 178 Å². The minimum absolute atomic E-state index is 0.114. The molecule has 0 aromatic heterocycles. The first-order valence-corrected chi connectivity index (χ1v) is 10.3. The highest BCUT2D eigenvalue weighted by atomic mass is 16.5. The number of benzene rings is 3. The largest absolute Gasteiger partial charge is 0.493 e. The van der Waals surface area contributed by atoms with Crippen LogP contribution in [0.25, 0.3) is 6.08 Å². The molecule has 0 fully saturated rings. The summed E-state index contributed by atoms with van der Waals surface area (Å²) in [4.78, 5) is 13.6. The van der Waals surface area contributed by atoms with Crippen molar-refractivity contribution >= 4 is 11.9 Å². The lowest BCUT2D eigenvalue weighted by atomic mass is 9.73. The fourth-order valence-corrected chi connectivity index (χ4v) is 4.25. The molecule has 1 aliphatic rings. The van der Waals surface area contributed by atoms with Gasteiger partial charge in [0.25, 0.3) is 0 Å². The van der Waals surface area contributed by atoms with Gasteiger partial charge < -0.3 is 9.47 Å². The number of fused-ring (bicyclic) bond motifs is 1. The van der Waals surface area contributed by atoms with Gasteiger partial charge >= 0.3 is 0 Å². The van der Waals surface area contributed by atoms with Crippen LogP contribution in [0.4, 0.5) is 0 Å². The number of carbonyl (C=O) groups excluding carboxylic acids is 1. The van der Waals surface area contributed by atoms with E-state index in [4.69, 9.17) is 9.47 Å². The second-order valence-electron chi connectivity index (χ2n) is 7.59. The van der Waals surface area contributed by atoms with Crippen molar-refractivity contribution in [3.05, 3.63) is 101 Å². The molecule has 1 aliphatic carbocycles. The third-order valence-electron chi connectivity index (χ3n) is 5.83. The van der Waals surface area contributed by atoms with E-state index in [2.05, 4.69) is 36.4 Å². The predicted octanol–water partition coefficient (Wildman–Crippen LogP) is 5.95. The second-order valence-corrected chi connectivity index (χ2v) is 7.59. The smallest absolute Gasteiger partial charge is 0.170 e. The molecule has 3 heteroatoms. The number of ketones is 1. The monoisotopic (exact) mass is 398 g/mol. The predicted molar refractivity (Wildman–Crippen MR) is 120 cm³/mol. The third-order valence-corrected chi connectivity index (χ3v) is 5.83. The lowest BCUT2D eigenvalue weighted by Gasteiger charge is -2.30. The van der Waals surface area contributed by atoms with Crippen LogP contribution in [0.5, 0.6) is 11.5 Å². The van der Waals surface area contributed by atoms with Gasteiger partial charge in [0, 0.05) is 5.56 Å². The zero-order valence-corrected chi connectivity index (χ0v) is 17.4. The molecule has 0 radical (unpaired) electrons. The highest BCUT2D eigenvalue weighted by Crippen LogP contribution is 2.43. The fraction of sp³-hybridized carbons (Fsp3) is 0.222. The number of rotatable bonds is 7. The highest BCUT2D eigenvalue weighted by molar-refractivity contribution is 6.02. The summed E-state index contributed by atoms with van der Waals surface area (Å²) in [5.74, 6) is 1.33. The highest BCUT2D eigenvalue weighted by Gasteiger charge is 2.33. The van der Waals surface area contributed by atoms with Crippen LogP contribution < -0.4 is 9.47 Å². The average molecular weight is 399 g/mol. The summed E-state index contributed by atoms with van der Waals surface area (Å²) in [6.45, 7) is 0. The molecule has 0 spiro atoms. The zero-order valence-electron chi connectivity index (χ0n) is 17.4. The van der Waals surface area contributed by atoms with E-state index in [9.17, 15) is 4.79 Å². The van der Waals surface area contributed by atoms with Crippen LogP contribution in [0, 0.1) is 5.92 Å². The topological polar surface area (TPSA) is 35.5 Å². The maximum Gasteiger partial charge on any atom is 0.170 e. The van der Waals surface area contributed by atoms with Crippen molar-refractivity contribution in [2.45, 2.75) is 18.8 Å². The standard InChI is InChI=1S/C27H26O3/c1-29-24-17-22-16-15-20(14-13-19-9-5-3-6-10-19)26(23(22)18-25(24)30-2)27(28)21-11-7-4-8-12-21/h3-12,15-18,20,26H,13-14H2,1-2H3/t20-,26+/m1/s1. The Hall–Kier alpha value is -3.33. The Morgan fingerprint density at radius 3 is 2.17 bits per heavy atom. The summed E-state index contributed by atoms with van der Waals surface area (Å²) in [6.07, 6.45) is 6.12. The first-order chi connectivity index (χ1) is 14.7. The summed E-state index contributed by atoms with van der Waals surface area (Å²) >= 11 is 0. The molecule has 2 atom stereocenters. The molecule has 0 saturated heterocycles. The number of allylic oxidation sites excluding steroid dienone is 1. The molecule has 0 unspecified atom stereocenters. The third kappa shape index (κ3) is 4.02. The SMILES string of the molecule is COc1cc2c(cc1OC)[C@@H](C(=O)c1ccccc1)[C@H](CCc1ccccc1)C=C2. The Bertz CT molecular complexity index is 1040. The molecular formula is C27H26O3. The van der Waals surface area contributed by atoms with Crippen LogP contribution in [-0.4, -0.2) is 20.0 Å². The number of ether oxygens (including phenoxy) is 2. The molecule has 152 valence electrons. The van der Waals surface area contributed by atoms with Crippen LogP contribution >= 0.6 is 0 Å². The number of carbonyl (C=O) groups is 1. The molecule has 0 amide bonds. The van der Waals surface area contributed by atoms with Gasteiger partial charge in [-0.1, -0.05) is 72.8 Å². The molecule has 0 saturated carbocycles. The van der Waals surface area contributed by atoms with Gasteiger partial charge in [0.05, 0.1) is 20.1 Å². The number of Topliss-reactive ketones (excluding diaryl/α,β-unsaturated/α-hetero) is 1. The Morgan fingerprint density at radius 2 is 1.50 bits per heavy atom. The van der Waals surface area contributed by atoms with E-state index in [-0.39, 0.29) is 17.6 Å². The van der Waals surface area contributed by atoms with Crippen LogP contribution in [-0.2, 0) is 6.42 Å². The van der Waals surface area contributed by atoms with Gasteiger partial charge in [-0.25, -0.2) is 0 Å². The minimum Gasteiger partial charge on any atom is -0.493 e. The maximum atomic E-state index is 13.6. The minimum atomic E-state index is -0.254. The molecule has 3 aromatic rings. The fourth-order valence-electron chi connectivity index (χ4n) is 4.25. The maximum absolute atomic E-state index is 13.6.